The minimum Gasteiger partial charge on any atom is -0.462 e. The van der Waals surface area contributed by atoms with Crippen molar-refractivity contribution >= 4 is 17.9 Å². The number of rotatable bonds is 31. The lowest BCUT2D eigenvalue weighted by atomic mass is 10.1. The lowest BCUT2D eigenvalue weighted by Gasteiger charge is -2.18. The second-order valence-corrected chi connectivity index (χ2v) is 11.8. The first-order valence-electron chi connectivity index (χ1n) is 17.7. The lowest BCUT2D eigenvalue weighted by Crippen LogP contribution is -2.30. The molecule has 0 aliphatic rings. The highest BCUT2D eigenvalue weighted by molar-refractivity contribution is 5.71. The molecule has 6 heteroatoms. The van der Waals surface area contributed by atoms with Crippen LogP contribution >= 0.6 is 0 Å². The molecular weight excluding hydrogens is 528 g/mol. The van der Waals surface area contributed by atoms with Gasteiger partial charge in [0.2, 0.25) is 0 Å². The van der Waals surface area contributed by atoms with Crippen LogP contribution in [0.2, 0.25) is 0 Å². The van der Waals surface area contributed by atoms with E-state index in [1.54, 1.807) is 0 Å². The molecule has 0 rings (SSSR count). The summed E-state index contributed by atoms with van der Waals surface area (Å²) in [5.41, 5.74) is 0. The molecule has 1 unspecified atom stereocenters. The summed E-state index contributed by atoms with van der Waals surface area (Å²) in [5.74, 6) is -0.906. The van der Waals surface area contributed by atoms with Crippen molar-refractivity contribution in [2.45, 2.75) is 187 Å². The van der Waals surface area contributed by atoms with Gasteiger partial charge in [0.15, 0.2) is 6.10 Å². The van der Waals surface area contributed by atoms with Gasteiger partial charge in [0.05, 0.1) is 0 Å². The molecule has 0 saturated heterocycles. The molecule has 0 N–H and O–H groups in total. The number of unbranched alkanes of at least 4 members (excludes halogenated alkanes) is 18. The van der Waals surface area contributed by atoms with Crippen LogP contribution in [0.4, 0.5) is 0 Å². The summed E-state index contributed by atoms with van der Waals surface area (Å²) in [6.07, 6.45) is 29.4. The van der Waals surface area contributed by atoms with Crippen LogP contribution in [-0.4, -0.2) is 37.2 Å². The van der Waals surface area contributed by atoms with Crippen molar-refractivity contribution in [2.75, 3.05) is 13.2 Å². The van der Waals surface area contributed by atoms with Crippen LogP contribution < -0.4 is 0 Å². The zero-order valence-corrected chi connectivity index (χ0v) is 27.8. The maximum atomic E-state index is 12.5. The van der Waals surface area contributed by atoms with Crippen molar-refractivity contribution in [3.63, 3.8) is 0 Å². The summed E-state index contributed by atoms with van der Waals surface area (Å²) in [7, 11) is 0. The minimum atomic E-state index is -0.759. The van der Waals surface area contributed by atoms with Crippen LogP contribution in [-0.2, 0) is 28.6 Å². The third kappa shape index (κ3) is 29.6. The highest BCUT2D eigenvalue weighted by Crippen LogP contribution is 2.12. The zero-order valence-electron chi connectivity index (χ0n) is 27.8. The van der Waals surface area contributed by atoms with Crippen LogP contribution in [0, 0.1) is 0 Å². The largest absolute Gasteiger partial charge is 0.462 e. The Hall–Kier alpha value is -1.85. The number of carbonyl (C=O) groups is 3. The summed E-state index contributed by atoms with van der Waals surface area (Å²) >= 11 is 0. The number of ether oxygens (including phenoxy) is 3. The molecule has 0 aromatic heterocycles. The first-order valence-corrected chi connectivity index (χ1v) is 17.7. The first kappa shape index (κ1) is 40.1. The average Bonchev–Trinajstić information content (AvgIpc) is 2.98. The maximum Gasteiger partial charge on any atom is 0.306 e. The molecular formula is C36H66O6. The average molecular weight is 595 g/mol. The third-order valence-corrected chi connectivity index (χ3v) is 7.52. The molecule has 0 aromatic carbocycles. The van der Waals surface area contributed by atoms with Crippen molar-refractivity contribution in [3.8, 4) is 0 Å². The fourth-order valence-corrected chi connectivity index (χ4v) is 4.77. The number of hydrogen-bond acceptors (Lipinski definition) is 6. The molecule has 0 aliphatic heterocycles. The number of allylic oxidation sites excluding steroid dienone is 2. The van der Waals surface area contributed by atoms with Crippen molar-refractivity contribution in [1.29, 1.82) is 0 Å². The predicted octanol–water partition coefficient (Wildman–Crippen LogP) is 10.4. The summed E-state index contributed by atoms with van der Waals surface area (Å²) in [5, 5.41) is 0. The molecule has 0 radical (unpaired) electrons. The van der Waals surface area contributed by atoms with Crippen LogP contribution in [0.3, 0.4) is 0 Å². The first-order chi connectivity index (χ1) is 20.5. The summed E-state index contributed by atoms with van der Waals surface area (Å²) in [6, 6.07) is 0. The number of hydrogen-bond donors (Lipinski definition) is 0. The summed E-state index contributed by atoms with van der Waals surface area (Å²) < 4.78 is 16.4. The smallest absolute Gasteiger partial charge is 0.306 e. The van der Waals surface area contributed by atoms with Crippen LogP contribution in [0.25, 0.3) is 0 Å². The predicted molar refractivity (Wildman–Crippen MR) is 173 cm³/mol. The van der Waals surface area contributed by atoms with E-state index in [1.807, 2.05) is 0 Å². The molecule has 0 fully saturated rings. The second-order valence-electron chi connectivity index (χ2n) is 11.8. The van der Waals surface area contributed by atoms with E-state index in [1.165, 1.54) is 70.6 Å². The molecule has 0 heterocycles. The van der Waals surface area contributed by atoms with Gasteiger partial charge in [0.1, 0.15) is 13.2 Å². The van der Waals surface area contributed by atoms with E-state index in [-0.39, 0.29) is 31.1 Å². The Morgan fingerprint density at radius 3 is 1.26 bits per heavy atom. The molecule has 1 atom stereocenters. The van der Waals surface area contributed by atoms with Gasteiger partial charge in [-0.25, -0.2) is 0 Å². The highest BCUT2D eigenvalue weighted by atomic mass is 16.6. The van der Waals surface area contributed by atoms with Gasteiger partial charge in [-0.1, -0.05) is 136 Å². The molecule has 0 spiro atoms. The van der Waals surface area contributed by atoms with Crippen LogP contribution in [0.15, 0.2) is 12.2 Å². The van der Waals surface area contributed by atoms with E-state index >= 15 is 0 Å². The fraction of sp³-hybridized carbons (Fsp3) is 0.861. The monoisotopic (exact) mass is 594 g/mol. The summed E-state index contributed by atoms with van der Waals surface area (Å²) in [6.45, 7) is 6.44. The SMILES string of the molecule is CCCC/C=C\CCCCCCCC(=O)OCC(COC(=O)CCCCCCC)OC(=O)CCCCCCCCCC. The van der Waals surface area contributed by atoms with Crippen molar-refractivity contribution < 1.29 is 28.6 Å². The summed E-state index contributed by atoms with van der Waals surface area (Å²) in [4.78, 5) is 37.0. The Kier molecular flexibility index (Phi) is 30.7. The van der Waals surface area contributed by atoms with Crippen LogP contribution in [0.5, 0.6) is 0 Å². The Morgan fingerprint density at radius 2 is 0.810 bits per heavy atom. The van der Waals surface area contributed by atoms with E-state index in [2.05, 4.69) is 32.9 Å². The Morgan fingerprint density at radius 1 is 0.452 bits per heavy atom. The molecule has 0 saturated carbocycles. The second kappa shape index (κ2) is 32.1. The highest BCUT2D eigenvalue weighted by Gasteiger charge is 2.19. The number of esters is 3. The van der Waals surface area contributed by atoms with Gasteiger partial charge < -0.3 is 14.2 Å². The molecule has 0 aromatic rings. The van der Waals surface area contributed by atoms with Gasteiger partial charge in [-0.15, -0.1) is 0 Å². The van der Waals surface area contributed by atoms with E-state index in [9.17, 15) is 14.4 Å². The fourth-order valence-electron chi connectivity index (χ4n) is 4.77. The van der Waals surface area contributed by atoms with Gasteiger partial charge in [-0.3, -0.25) is 14.4 Å². The van der Waals surface area contributed by atoms with Gasteiger partial charge >= 0.3 is 17.9 Å². The molecule has 42 heavy (non-hydrogen) atoms. The van der Waals surface area contributed by atoms with E-state index in [0.717, 1.165) is 70.6 Å². The normalized spacial score (nSPS) is 12.0. The van der Waals surface area contributed by atoms with Gasteiger partial charge in [0, 0.05) is 19.3 Å². The van der Waals surface area contributed by atoms with E-state index < -0.39 is 6.10 Å². The van der Waals surface area contributed by atoms with Gasteiger partial charge in [-0.2, -0.15) is 0 Å². The van der Waals surface area contributed by atoms with Crippen molar-refractivity contribution in [3.05, 3.63) is 12.2 Å². The lowest BCUT2D eigenvalue weighted by molar-refractivity contribution is -0.167. The molecule has 6 nitrogen and oxygen atoms in total. The topological polar surface area (TPSA) is 78.9 Å². The van der Waals surface area contributed by atoms with E-state index in [0.29, 0.717) is 19.3 Å². The van der Waals surface area contributed by atoms with E-state index in [4.69, 9.17) is 14.2 Å². The minimum absolute atomic E-state index is 0.0723. The Bertz CT molecular complexity index is 659. The zero-order chi connectivity index (χ0) is 30.9. The van der Waals surface area contributed by atoms with Gasteiger partial charge in [-0.05, 0) is 38.5 Å². The Labute approximate surface area is 259 Å². The van der Waals surface area contributed by atoms with Crippen molar-refractivity contribution in [2.24, 2.45) is 0 Å². The molecule has 246 valence electrons. The molecule has 0 bridgehead atoms. The number of carbonyl (C=O) groups excluding carboxylic acids is 3. The van der Waals surface area contributed by atoms with Gasteiger partial charge in [0.25, 0.3) is 0 Å². The maximum absolute atomic E-state index is 12.5. The quantitative estimate of drug-likeness (QED) is 0.0344. The Balaban J connectivity index is 4.31. The standard InChI is InChI=1S/C36H66O6/c1-4-7-10-13-15-17-18-19-21-23-26-29-35(38)41-32-33(31-40-34(37)28-25-22-12-9-6-3)42-36(39)30-27-24-20-16-14-11-8-5-2/h13,15,33H,4-12,14,16-32H2,1-3H3/b15-13-. The molecule has 0 amide bonds. The van der Waals surface area contributed by atoms with Crippen molar-refractivity contribution in [1.82, 2.24) is 0 Å². The molecule has 0 aliphatic carbocycles. The third-order valence-electron chi connectivity index (χ3n) is 7.52. The van der Waals surface area contributed by atoms with Crippen LogP contribution in [0.1, 0.15) is 181 Å².